The lowest BCUT2D eigenvalue weighted by Crippen LogP contribution is -2.11. The molecule has 1 heterocycles. The zero-order chi connectivity index (χ0) is 15.1. The van der Waals surface area contributed by atoms with E-state index < -0.39 is 0 Å². The molecule has 0 saturated carbocycles. The Morgan fingerprint density at radius 3 is 2.05 bits per heavy atom. The summed E-state index contributed by atoms with van der Waals surface area (Å²) >= 11 is 0. The van der Waals surface area contributed by atoms with Crippen molar-refractivity contribution in [1.82, 2.24) is 4.57 Å². The summed E-state index contributed by atoms with van der Waals surface area (Å²) < 4.78 is 1.94. The molecule has 0 amide bonds. The topological polar surface area (TPSA) is 54.7 Å². The van der Waals surface area contributed by atoms with E-state index in [4.69, 9.17) is 5.73 Å². The maximum absolute atomic E-state index is 9.19. The van der Waals surface area contributed by atoms with Gasteiger partial charge in [-0.25, -0.2) is 0 Å². The highest BCUT2D eigenvalue weighted by atomic mass is 15.1. The average Bonchev–Trinajstić information content (AvgIpc) is 2.59. The fourth-order valence-electron chi connectivity index (χ4n) is 2.42. The van der Waals surface area contributed by atoms with E-state index in [1.54, 1.807) is 0 Å². The van der Waals surface area contributed by atoms with Gasteiger partial charge in [-0.05, 0) is 42.5 Å². The highest BCUT2D eigenvalue weighted by molar-refractivity contribution is 5.62. The Morgan fingerprint density at radius 1 is 1.10 bits per heavy atom. The van der Waals surface area contributed by atoms with Gasteiger partial charge in [0, 0.05) is 11.4 Å². The standard InChI is InChI=1S/C17H21N3/c1-11-12(2)20(16(19)15(11)10-18)14-8-6-13(7-9-14)17(3,4)5/h6-9H,19H2,1-5H3. The lowest BCUT2D eigenvalue weighted by Gasteiger charge is -2.19. The number of nitrogens with zero attached hydrogens (tertiary/aromatic N) is 2. The fourth-order valence-corrected chi connectivity index (χ4v) is 2.42. The number of aromatic nitrogens is 1. The van der Waals surface area contributed by atoms with Crippen molar-refractivity contribution in [3.63, 3.8) is 0 Å². The molecule has 104 valence electrons. The van der Waals surface area contributed by atoms with Gasteiger partial charge in [0.2, 0.25) is 0 Å². The number of nitrogen functional groups attached to an aromatic ring is 1. The Hall–Kier alpha value is -2.21. The molecule has 2 N–H and O–H groups in total. The van der Waals surface area contributed by atoms with E-state index >= 15 is 0 Å². The van der Waals surface area contributed by atoms with Crippen LogP contribution in [0.25, 0.3) is 5.69 Å². The van der Waals surface area contributed by atoms with Gasteiger partial charge in [0.05, 0.1) is 5.56 Å². The van der Waals surface area contributed by atoms with Crippen molar-refractivity contribution in [2.75, 3.05) is 5.73 Å². The third-order valence-corrected chi connectivity index (χ3v) is 3.85. The van der Waals surface area contributed by atoms with Crippen molar-refractivity contribution < 1.29 is 0 Å². The summed E-state index contributed by atoms with van der Waals surface area (Å²) in [6.45, 7) is 10.5. The zero-order valence-electron chi connectivity index (χ0n) is 12.8. The summed E-state index contributed by atoms with van der Waals surface area (Å²) in [7, 11) is 0. The second kappa shape index (κ2) is 4.72. The van der Waals surface area contributed by atoms with Crippen molar-refractivity contribution in [2.24, 2.45) is 0 Å². The van der Waals surface area contributed by atoms with Gasteiger partial charge in [-0.1, -0.05) is 32.9 Å². The molecule has 0 radical (unpaired) electrons. The van der Waals surface area contributed by atoms with Crippen LogP contribution in [-0.2, 0) is 5.41 Å². The molecule has 0 atom stereocenters. The third-order valence-electron chi connectivity index (χ3n) is 3.85. The molecule has 0 aliphatic heterocycles. The second-order valence-corrected chi connectivity index (χ2v) is 6.21. The van der Waals surface area contributed by atoms with Crippen LogP contribution in [-0.4, -0.2) is 4.57 Å². The monoisotopic (exact) mass is 267 g/mol. The molecule has 0 aliphatic rings. The van der Waals surface area contributed by atoms with Crippen molar-refractivity contribution in [2.45, 2.75) is 40.0 Å². The van der Waals surface area contributed by atoms with E-state index in [2.05, 4.69) is 51.1 Å². The molecule has 1 aromatic carbocycles. The van der Waals surface area contributed by atoms with Gasteiger partial charge >= 0.3 is 0 Å². The third kappa shape index (κ3) is 2.18. The first-order valence-corrected chi connectivity index (χ1v) is 6.75. The van der Waals surface area contributed by atoms with Crippen LogP contribution in [0, 0.1) is 25.2 Å². The minimum atomic E-state index is 0.129. The zero-order valence-corrected chi connectivity index (χ0v) is 12.8. The molecule has 2 aromatic rings. The van der Waals surface area contributed by atoms with Gasteiger partial charge in [-0.2, -0.15) is 5.26 Å². The van der Waals surface area contributed by atoms with Crippen LogP contribution in [0.1, 0.15) is 43.2 Å². The van der Waals surface area contributed by atoms with Crippen molar-refractivity contribution in [1.29, 1.82) is 5.26 Å². The van der Waals surface area contributed by atoms with Crippen LogP contribution < -0.4 is 5.73 Å². The van der Waals surface area contributed by atoms with E-state index in [1.165, 1.54) is 5.56 Å². The molecule has 1 aromatic heterocycles. The molecule has 0 saturated heterocycles. The Bertz CT molecular complexity index is 677. The number of hydrogen-bond donors (Lipinski definition) is 1. The van der Waals surface area contributed by atoms with Gasteiger partial charge in [-0.3, -0.25) is 4.57 Å². The van der Waals surface area contributed by atoms with Crippen LogP contribution in [0.3, 0.4) is 0 Å². The highest BCUT2D eigenvalue weighted by Crippen LogP contribution is 2.29. The van der Waals surface area contributed by atoms with Gasteiger partial charge in [0.15, 0.2) is 0 Å². The first kappa shape index (κ1) is 14.2. The first-order chi connectivity index (χ1) is 9.27. The summed E-state index contributed by atoms with van der Waals surface area (Å²) in [6.07, 6.45) is 0. The Balaban J connectivity index is 2.57. The Kier molecular flexibility index (Phi) is 3.35. The molecule has 3 heteroatoms. The summed E-state index contributed by atoms with van der Waals surface area (Å²) in [5.74, 6) is 0.519. The smallest absolute Gasteiger partial charge is 0.126 e. The molecule has 0 spiro atoms. The second-order valence-electron chi connectivity index (χ2n) is 6.21. The van der Waals surface area contributed by atoms with E-state index in [-0.39, 0.29) is 5.41 Å². The fraction of sp³-hybridized carbons (Fsp3) is 0.353. The molecule has 3 nitrogen and oxygen atoms in total. The lowest BCUT2D eigenvalue weighted by atomic mass is 9.87. The molecule has 20 heavy (non-hydrogen) atoms. The molecule has 0 bridgehead atoms. The van der Waals surface area contributed by atoms with Crippen LogP contribution in [0.15, 0.2) is 24.3 Å². The van der Waals surface area contributed by atoms with Gasteiger partial charge < -0.3 is 5.73 Å². The molecular formula is C17H21N3. The predicted octanol–water partition coefficient (Wildman–Crippen LogP) is 3.85. The highest BCUT2D eigenvalue weighted by Gasteiger charge is 2.17. The molecule has 0 aliphatic carbocycles. The van der Waals surface area contributed by atoms with E-state index in [1.807, 2.05) is 18.4 Å². The first-order valence-electron chi connectivity index (χ1n) is 6.75. The van der Waals surface area contributed by atoms with Crippen LogP contribution in [0.5, 0.6) is 0 Å². The molecule has 2 rings (SSSR count). The van der Waals surface area contributed by atoms with Crippen LogP contribution >= 0.6 is 0 Å². The van der Waals surface area contributed by atoms with Gasteiger partial charge in [-0.15, -0.1) is 0 Å². The van der Waals surface area contributed by atoms with Gasteiger partial charge in [0.25, 0.3) is 0 Å². The Morgan fingerprint density at radius 2 is 1.65 bits per heavy atom. The van der Waals surface area contributed by atoms with Crippen LogP contribution in [0.2, 0.25) is 0 Å². The van der Waals surface area contributed by atoms with Gasteiger partial charge in [0.1, 0.15) is 11.9 Å². The number of nitriles is 1. The average molecular weight is 267 g/mol. The summed E-state index contributed by atoms with van der Waals surface area (Å²) in [4.78, 5) is 0. The molecular weight excluding hydrogens is 246 g/mol. The van der Waals surface area contributed by atoms with E-state index in [9.17, 15) is 5.26 Å². The van der Waals surface area contributed by atoms with E-state index in [0.717, 1.165) is 16.9 Å². The number of nitrogens with two attached hydrogens (primary N) is 1. The Labute approximate surface area is 120 Å². The molecule has 0 unspecified atom stereocenters. The van der Waals surface area contributed by atoms with Crippen molar-refractivity contribution in [3.05, 3.63) is 46.6 Å². The maximum Gasteiger partial charge on any atom is 0.126 e. The number of hydrogen-bond acceptors (Lipinski definition) is 2. The normalized spacial score (nSPS) is 11.4. The summed E-state index contributed by atoms with van der Waals surface area (Å²) in [5, 5.41) is 9.19. The quantitative estimate of drug-likeness (QED) is 0.853. The minimum Gasteiger partial charge on any atom is -0.384 e. The predicted molar refractivity (Wildman–Crippen MR) is 83.1 cm³/mol. The lowest BCUT2D eigenvalue weighted by molar-refractivity contribution is 0.590. The minimum absolute atomic E-state index is 0.129. The number of benzene rings is 1. The SMILES string of the molecule is Cc1c(C#N)c(N)n(-c2ccc(C(C)(C)C)cc2)c1C. The summed E-state index contributed by atoms with van der Waals surface area (Å²) in [6, 6.07) is 10.5. The van der Waals surface area contributed by atoms with Crippen molar-refractivity contribution in [3.8, 4) is 11.8 Å². The maximum atomic E-state index is 9.19. The summed E-state index contributed by atoms with van der Waals surface area (Å²) in [5.41, 5.74) is 11.1. The molecule has 0 fully saturated rings. The number of rotatable bonds is 1. The van der Waals surface area contributed by atoms with E-state index in [0.29, 0.717) is 11.4 Å². The largest absolute Gasteiger partial charge is 0.384 e. The van der Waals surface area contributed by atoms with Crippen LogP contribution in [0.4, 0.5) is 5.82 Å². The van der Waals surface area contributed by atoms with Crippen molar-refractivity contribution >= 4 is 5.82 Å². The number of anilines is 1.